The van der Waals surface area contributed by atoms with Gasteiger partial charge in [0.25, 0.3) is 0 Å². The Morgan fingerprint density at radius 1 is 1.15 bits per heavy atom. The number of nitrogens with one attached hydrogen (secondary N) is 1. The number of hydrogen-bond acceptors (Lipinski definition) is 4. The van der Waals surface area contributed by atoms with E-state index in [-0.39, 0.29) is 12.0 Å². The Balaban J connectivity index is 2.92. The molecule has 2 N–H and O–H groups in total. The molecule has 0 aromatic heterocycles. The molecule has 0 saturated carbocycles. The minimum absolute atomic E-state index is 0.128. The van der Waals surface area contributed by atoms with Crippen molar-refractivity contribution in [2.75, 3.05) is 32.7 Å². The fraction of sp³-hybridized carbons (Fsp3) is 0.600. The normalized spacial score (nSPS) is 11.3. The molecular formula is C15H24ClNO3. The monoisotopic (exact) mass is 301 g/mol. The molecule has 0 fully saturated rings. The summed E-state index contributed by atoms with van der Waals surface area (Å²) in [6, 6.07) is 3.54. The number of aliphatic hydroxyl groups is 1. The zero-order valence-electron chi connectivity index (χ0n) is 12.6. The van der Waals surface area contributed by atoms with Crippen LogP contribution >= 0.6 is 11.6 Å². The average molecular weight is 302 g/mol. The van der Waals surface area contributed by atoms with Crippen LogP contribution in [0.15, 0.2) is 12.1 Å². The highest BCUT2D eigenvalue weighted by atomic mass is 35.5. The van der Waals surface area contributed by atoms with Gasteiger partial charge in [0.2, 0.25) is 0 Å². The third-order valence-electron chi connectivity index (χ3n) is 3.96. The molecule has 0 spiro atoms. The molecule has 0 bridgehead atoms. The first-order chi connectivity index (χ1) is 9.55. The predicted molar refractivity (Wildman–Crippen MR) is 83.1 cm³/mol. The second-order valence-corrected chi connectivity index (χ2v) is 5.31. The molecule has 0 aliphatic heterocycles. The lowest BCUT2D eigenvalue weighted by atomic mass is 9.83. The van der Waals surface area contributed by atoms with Crippen LogP contribution in [0.1, 0.15) is 26.7 Å². The van der Waals surface area contributed by atoms with Gasteiger partial charge < -0.3 is 19.9 Å². The molecule has 4 nitrogen and oxygen atoms in total. The largest absolute Gasteiger partial charge is 0.493 e. The second-order valence-electron chi connectivity index (χ2n) is 4.91. The number of hydrogen-bond donors (Lipinski definition) is 2. The molecule has 0 heterocycles. The Bertz CT molecular complexity index is 425. The van der Waals surface area contributed by atoms with Gasteiger partial charge in [-0.3, -0.25) is 0 Å². The van der Waals surface area contributed by atoms with Gasteiger partial charge in [-0.25, -0.2) is 0 Å². The van der Waals surface area contributed by atoms with Crippen LogP contribution in [0, 0.1) is 5.41 Å². The van der Waals surface area contributed by atoms with E-state index < -0.39 is 0 Å². The van der Waals surface area contributed by atoms with Crippen molar-refractivity contribution in [3.63, 3.8) is 0 Å². The van der Waals surface area contributed by atoms with E-state index in [1.165, 1.54) is 0 Å². The number of aliphatic hydroxyl groups excluding tert-OH is 1. The molecule has 114 valence electrons. The number of ether oxygens (including phenoxy) is 2. The van der Waals surface area contributed by atoms with Crippen LogP contribution in [0.2, 0.25) is 5.02 Å². The van der Waals surface area contributed by atoms with E-state index in [0.29, 0.717) is 23.1 Å². The Labute approximate surface area is 126 Å². The van der Waals surface area contributed by atoms with Crippen LogP contribution in [0.4, 0.5) is 5.69 Å². The predicted octanol–water partition coefficient (Wildman–Crippen LogP) is 3.57. The standard InChI is InChI=1S/C15H24ClNO3/c1-5-15(6-2,10-18)9-17-12-8-14(20-4)13(19-3)7-11(12)16/h7-8,17-18H,5-6,9-10H2,1-4H3. The van der Waals surface area contributed by atoms with Crippen molar-refractivity contribution in [2.45, 2.75) is 26.7 Å². The smallest absolute Gasteiger partial charge is 0.162 e. The van der Waals surface area contributed by atoms with Crippen molar-refractivity contribution in [1.29, 1.82) is 0 Å². The molecule has 0 aliphatic carbocycles. The quantitative estimate of drug-likeness (QED) is 0.771. The number of methoxy groups -OCH3 is 2. The fourth-order valence-electron chi connectivity index (χ4n) is 2.05. The summed E-state index contributed by atoms with van der Waals surface area (Å²) in [6.07, 6.45) is 1.80. The van der Waals surface area contributed by atoms with Gasteiger partial charge in [-0.05, 0) is 12.8 Å². The molecule has 1 rings (SSSR count). The van der Waals surface area contributed by atoms with E-state index in [1.807, 2.05) is 6.07 Å². The Kier molecular flexibility index (Phi) is 6.43. The molecule has 1 aromatic carbocycles. The van der Waals surface area contributed by atoms with Crippen molar-refractivity contribution in [2.24, 2.45) is 5.41 Å². The summed E-state index contributed by atoms with van der Waals surface area (Å²) in [4.78, 5) is 0. The van der Waals surface area contributed by atoms with E-state index in [2.05, 4.69) is 19.2 Å². The molecular weight excluding hydrogens is 278 g/mol. The van der Waals surface area contributed by atoms with Gasteiger partial charge in [0, 0.05) is 24.1 Å². The molecule has 1 aromatic rings. The summed E-state index contributed by atoms with van der Waals surface area (Å²) < 4.78 is 10.5. The summed E-state index contributed by atoms with van der Waals surface area (Å²) >= 11 is 6.23. The van der Waals surface area contributed by atoms with E-state index in [4.69, 9.17) is 21.1 Å². The number of anilines is 1. The molecule has 0 unspecified atom stereocenters. The summed E-state index contributed by atoms with van der Waals surface area (Å²) in [5.41, 5.74) is 0.653. The summed E-state index contributed by atoms with van der Waals surface area (Å²) in [6.45, 7) is 4.97. The number of benzene rings is 1. The van der Waals surface area contributed by atoms with Gasteiger partial charge in [-0.2, -0.15) is 0 Å². The SMILES string of the molecule is CCC(CC)(CO)CNc1cc(OC)c(OC)cc1Cl. The van der Waals surface area contributed by atoms with Crippen molar-refractivity contribution < 1.29 is 14.6 Å². The molecule has 0 aliphatic rings. The highest BCUT2D eigenvalue weighted by molar-refractivity contribution is 6.33. The van der Waals surface area contributed by atoms with Crippen LogP contribution < -0.4 is 14.8 Å². The highest BCUT2D eigenvalue weighted by Crippen LogP contribution is 2.37. The lowest BCUT2D eigenvalue weighted by Gasteiger charge is -2.30. The molecule has 20 heavy (non-hydrogen) atoms. The Morgan fingerprint density at radius 2 is 1.70 bits per heavy atom. The van der Waals surface area contributed by atoms with Gasteiger partial charge in [-0.1, -0.05) is 25.4 Å². The van der Waals surface area contributed by atoms with E-state index in [0.717, 1.165) is 18.5 Å². The van der Waals surface area contributed by atoms with Gasteiger partial charge in [0.1, 0.15) is 0 Å². The Hall–Kier alpha value is -1.13. The van der Waals surface area contributed by atoms with Crippen molar-refractivity contribution in [3.05, 3.63) is 17.2 Å². The summed E-state index contributed by atoms with van der Waals surface area (Å²) in [5.74, 6) is 1.23. The first-order valence-corrected chi connectivity index (χ1v) is 7.19. The molecule has 0 saturated heterocycles. The number of rotatable bonds is 8. The second kappa shape index (κ2) is 7.60. The van der Waals surface area contributed by atoms with Crippen LogP contribution in [0.25, 0.3) is 0 Å². The number of halogens is 1. The van der Waals surface area contributed by atoms with Crippen molar-refractivity contribution >= 4 is 17.3 Å². The van der Waals surface area contributed by atoms with Crippen molar-refractivity contribution in [3.8, 4) is 11.5 Å². The van der Waals surface area contributed by atoms with Gasteiger partial charge >= 0.3 is 0 Å². The van der Waals surface area contributed by atoms with Gasteiger partial charge in [0.05, 0.1) is 31.5 Å². The van der Waals surface area contributed by atoms with Gasteiger partial charge in [-0.15, -0.1) is 0 Å². The van der Waals surface area contributed by atoms with E-state index in [9.17, 15) is 5.11 Å². The molecule has 0 amide bonds. The fourth-order valence-corrected chi connectivity index (χ4v) is 2.27. The summed E-state index contributed by atoms with van der Waals surface area (Å²) in [5, 5.41) is 13.5. The molecule has 5 heteroatoms. The zero-order chi connectivity index (χ0) is 15.2. The Morgan fingerprint density at radius 3 is 2.15 bits per heavy atom. The van der Waals surface area contributed by atoms with E-state index >= 15 is 0 Å². The first-order valence-electron chi connectivity index (χ1n) is 6.82. The van der Waals surface area contributed by atoms with Crippen LogP contribution in [-0.4, -0.2) is 32.5 Å². The van der Waals surface area contributed by atoms with Crippen LogP contribution in [0.5, 0.6) is 11.5 Å². The minimum atomic E-state index is -0.128. The maximum absolute atomic E-state index is 9.59. The first kappa shape index (κ1) is 16.9. The van der Waals surface area contributed by atoms with Crippen LogP contribution in [0.3, 0.4) is 0 Å². The van der Waals surface area contributed by atoms with Crippen molar-refractivity contribution in [1.82, 2.24) is 0 Å². The minimum Gasteiger partial charge on any atom is -0.493 e. The molecule has 0 radical (unpaired) electrons. The maximum atomic E-state index is 9.59. The zero-order valence-corrected chi connectivity index (χ0v) is 13.4. The van der Waals surface area contributed by atoms with E-state index in [1.54, 1.807) is 20.3 Å². The van der Waals surface area contributed by atoms with Gasteiger partial charge in [0.15, 0.2) is 11.5 Å². The maximum Gasteiger partial charge on any atom is 0.162 e. The lowest BCUT2D eigenvalue weighted by molar-refractivity contribution is 0.127. The highest BCUT2D eigenvalue weighted by Gasteiger charge is 2.25. The molecule has 0 atom stereocenters. The third-order valence-corrected chi connectivity index (χ3v) is 4.28. The third kappa shape index (κ3) is 3.70. The average Bonchev–Trinajstić information content (AvgIpc) is 2.49. The summed E-state index contributed by atoms with van der Waals surface area (Å²) in [7, 11) is 3.16. The topological polar surface area (TPSA) is 50.7 Å². The van der Waals surface area contributed by atoms with Crippen LogP contribution in [-0.2, 0) is 0 Å². The lowest BCUT2D eigenvalue weighted by Crippen LogP contribution is -2.32.